The zero-order valence-electron chi connectivity index (χ0n) is 19.3. The molecule has 1 aromatic carbocycles. The van der Waals surface area contributed by atoms with E-state index in [9.17, 15) is 14.4 Å². The molecule has 1 fully saturated rings. The van der Waals surface area contributed by atoms with E-state index in [0.717, 1.165) is 24.9 Å². The molecule has 0 radical (unpaired) electrons. The topological polar surface area (TPSA) is 97.0 Å². The van der Waals surface area contributed by atoms with Crippen molar-refractivity contribution in [2.75, 3.05) is 45.2 Å². The zero-order valence-corrected chi connectivity index (χ0v) is 20.1. The van der Waals surface area contributed by atoms with E-state index in [0.29, 0.717) is 35.0 Å². The van der Waals surface area contributed by atoms with Crippen LogP contribution in [0.1, 0.15) is 37.0 Å². The van der Waals surface area contributed by atoms with Crippen LogP contribution in [-0.4, -0.2) is 62.6 Å². The van der Waals surface area contributed by atoms with E-state index in [2.05, 4.69) is 10.6 Å². The maximum absolute atomic E-state index is 12.8. The number of nitrogens with one attached hydrogen (secondary N) is 2. The normalized spacial score (nSPS) is 16.2. The Kier molecular flexibility index (Phi) is 8.85. The monoisotopic (exact) mass is 473 g/mol. The van der Waals surface area contributed by atoms with Gasteiger partial charge in [0.2, 0.25) is 11.8 Å². The maximum Gasteiger partial charge on any atom is 0.341 e. The molecule has 2 heterocycles. The number of methoxy groups -OCH3 is 1. The molecule has 0 saturated carbocycles. The van der Waals surface area contributed by atoms with Crippen molar-refractivity contribution < 1.29 is 23.9 Å². The van der Waals surface area contributed by atoms with E-state index in [4.69, 9.17) is 9.47 Å². The molecule has 33 heavy (non-hydrogen) atoms. The summed E-state index contributed by atoms with van der Waals surface area (Å²) in [4.78, 5) is 39.7. The van der Waals surface area contributed by atoms with Gasteiger partial charge in [0.25, 0.3) is 0 Å². The molecule has 2 N–H and O–H groups in total. The minimum Gasteiger partial charge on any atom is -0.497 e. The number of carbonyl (C=O) groups excluding carboxylic acids is 3. The van der Waals surface area contributed by atoms with Crippen molar-refractivity contribution in [2.45, 2.75) is 26.7 Å². The third-order valence-corrected chi connectivity index (χ3v) is 6.41. The zero-order chi connectivity index (χ0) is 23.8. The predicted molar refractivity (Wildman–Crippen MR) is 129 cm³/mol. The SMILES string of the molecule is CCNC(=O)C1CCCN(CC(=O)Nc2scc(-c3ccc(OC)cc3)c2C(=O)OCC)C1. The van der Waals surface area contributed by atoms with E-state index in [1.165, 1.54) is 11.3 Å². The summed E-state index contributed by atoms with van der Waals surface area (Å²) in [5.41, 5.74) is 1.88. The number of carbonyl (C=O) groups is 3. The largest absolute Gasteiger partial charge is 0.497 e. The van der Waals surface area contributed by atoms with Crippen molar-refractivity contribution in [1.29, 1.82) is 0 Å². The van der Waals surface area contributed by atoms with Gasteiger partial charge in [0.15, 0.2) is 0 Å². The summed E-state index contributed by atoms with van der Waals surface area (Å²) < 4.78 is 10.5. The van der Waals surface area contributed by atoms with Gasteiger partial charge in [-0.05, 0) is 50.9 Å². The summed E-state index contributed by atoms with van der Waals surface area (Å²) in [5, 5.41) is 8.06. The number of hydrogen-bond acceptors (Lipinski definition) is 7. The van der Waals surface area contributed by atoms with Crippen molar-refractivity contribution in [3.63, 3.8) is 0 Å². The van der Waals surface area contributed by atoms with Crippen LogP contribution in [0.25, 0.3) is 11.1 Å². The maximum atomic E-state index is 12.8. The molecule has 2 amide bonds. The number of rotatable bonds is 9. The number of nitrogens with zero attached hydrogens (tertiary/aromatic N) is 1. The van der Waals surface area contributed by atoms with E-state index < -0.39 is 5.97 Å². The van der Waals surface area contributed by atoms with Gasteiger partial charge in [-0.25, -0.2) is 4.79 Å². The number of thiophene rings is 1. The number of ether oxygens (including phenoxy) is 2. The van der Waals surface area contributed by atoms with Crippen molar-refractivity contribution in [2.24, 2.45) is 5.92 Å². The molecule has 1 saturated heterocycles. The lowest BCUT2D eigenvalue weighted by atomic mass is 9.97. The van der Waals surface area contributed by atoms with Gasteiger partial charge in [0.05, 0.1) is 26.2 Å². The Morgan fingerprint density at radius 1 is 1.18 bits per heavy atom. The third kappa shape index (κ3) is 6.33. The number of anilines is 1. The number of esters is 1. The van der Waals surface area contributed by atoms with Gasteiger partial charge in [-0.2, -0.15) is 0 Å². The molecule has 1 unspecified atom stereocenters. The van der Waals surface area contributed by atoms with Crippen LogP contribution in [0.3, 0.4) is 0 Å². The van der Waals surface area contributed by atoms with Crippen molar-refractivity contribution in [1.82, 2.24) is 10.2 Å². The van der Waals surface area contributed by atoms with Crippen LogP contribution < -0.4 is 15.4 Å². The van der Waals surface area contributed by atoms with Gasteiger partial charge in [-0.15, -0.1) is 11.3 Å². The van der Waals surface area contributed by atoms with Crippen LogP contribution >= 0.6 is 11.3 Å². The first-order chi connectivity index (χ1) is 16.0. The van der Waals surface area contributed by atoms with Crippen molar-refractivity contribution in [3.8, 4) is 16.9 Å². The highest BCUT2D eigenvalue weighted by Gasteiger charge is 2.28. The van der Waals surface area contributed by atoms with E-state index in [-0.39, 0.29) is 30.9 Å². The molecule has 8 nitrogen and oxygen atoms in total. The summed E-state index contributed by atoms with van der Waals surface area (Å²) in [6.45, 7) is 5.95. The molecule has 178 valence electrons. The second kappa shape index (κ2) is 11.8. The molecule has 3 rings (SSSR count). The average molecular weight is 474 g/mol. The van der Waals surface area contributed by atoms with Gasteiger partial charge in [-0.3, -0.25) is 14.5 Å². The first-order valence-corrected chi connectivity index (χ1v) is 12.1. The molecule has 0 spiro atoms. The van der Waals surface area contributed by atoms with Crippen LogP contribution in [0.5, 0.6) is 5.75 Å². The lowest BCUT2D eigenvalue weighted by Gasteiger charge is -2.31. The number of amides is 2. The highest BCUT2D eigenvalue weighted by molar-refractivity contribution is 7.15. The Morgan fingerprint density at radius 3 is 2.61 bits per heavy atom. The average Bonchev–Trinajstić information content (AvgIpc) is 3.23. The van der Waals surface area contributed by atoms with Crippen molar-refractivity contribution >= 4 is 34.1 Å². The number of hydrogen-bond donors (Lipinski definition) is 2. The van der Waals surface area contributed by atoms with Crippen LogP contribution in [0.4, 0.5) is 5.00 Å². The quantitative estimate of drug-likeness (QED) is 0.542. The number of likely N-dealkylation sites (tertiary alicyclic amines) is 1. The van der Waals surface area contributed by atoms with Crippen LogP contribution in [0.15, 0.2) is 29.6 Å². The molecule has 9 heteroatoms. The van der Waals surface area contributed by atoms with E-state index >= 15 is 0 Å². The molecule has 1 atom stereocenters. The molecule has 1 aliphatic heterocycles. The highest BCUT2D eigenvalue weighted by atomic mass is 32.1. The molecule has 1 aromatic heterocycles. The number of benzene rings is 1. The standard InChI is InChI=1S/C24H31N3O5S/c1-4-25-22(29)17-7-6-12-27(13-17)14-20(28)26-23-21(24(30)32-5-2)19(15-33-23)16-8-10-18(31-3)11-9-16/h8-11,15,17H,4-7,12-14H2,1-3H3,(H,25,29)(H,26,28). The molecule has 1 aliphatic rings. The molecule has 0 bridgehead atoms. The Labute approximate surface area is 198 Å². The fourth-order valence-electron chi connectivity index (χ4n) is 3.94. The van der Waals surface area contributed by atoms with Crippen LogP contribution in [0, 0.1) is 5.92 Å². The second-order valence-corrected chi connectivity index (χ2v) is 8.70. The van der Waals surface area contributed by atoms with Crippen molar-refractivity contribution in [3.05, 3.63) is 35.2 Å². The predicted octanol–water partition coefficient (Wildman–Crippen LogP) is 3.39. The molecule has 2 aromatic rings. The second-order valence-electron chi connectivity index (χ2n) is 7.82. The summed E-state index contributed by atoms with van der Waals surface area (Å²) in [6.07, 6.45) is 1.69. The van der Waals surface area contributed by atoms with Gasteiger partial charge in [0.1, 0.15) is 16.3 Å². The first-order valence-electron chi connectivity index (χ1n) is 11.2. The fourth-order valence-corrected chi connectivity index (χ4v) is 4.91. The smallest absolute Gasteiger partial charge is 0.341 e. The minimum atomic E-state index is -0.478. The molecule has 0 aliphatic carbocycles. The summed E-state index contributed by atoms with van der Waals surface area (Å²) in [7, 11) is 1.60. The first kappa shape index (κ1) is 24.7. The Hall–Kier alpha value is -2.91. The Morgan fingerprint density at radius 2 is 1.94 bits per heavy atom. The van der Waals surface area contributed by atoms with Crippen LogP contribution in [-0.2, 0) is 14.3 Å². The number of piperidine rings is 1. The van der Waals surface area contributed by atoms with Gasteiger partial charge < -0.3 is 20.1 Å². The third-order valence-electron chi connectivity index (χ3n) is 5.52. The molecular weight excluding hydrogens is 442 g/mol. The van der Waals surface area contributed by atoms with Gasteiger partial charge >= 0.3 is 5.97 Å². The lowest BCUT2D eigenvalue weighted by Crippen LogP contribution is -2.45. The van der Waals surface area contributed by atoms with E-state index in [1.807, 2.05) is 41.5 Å². The summed E-state index contributed by atoms with van der Waals surface area (Å²) in [5.74, 6) is -0.0541. The van der Waals surface area contributed by atoms with E-state index in [1.54, 1.807) is 14.0 Å². The summed E-state index contributed by atoms with van der Waals surface area (Å²) in [6, 6.07) is 7.37. The Balaban J connectivity index is 1.74. The fraction of sp³-hybridized carbons (Fsp3) is 0.458. The van der Waals surface area contributed by atoms with Gasteiger partial charge in [-0.1, -0.05) is 12.1 Å². The highest BCUT2D eigenvalue weighted by Crippen LogP contribution is 2.37. The van der Waals surface area contributed by atoms with Gasteiger partial charge in [0, 0.05) is 24.0 Å². The lowest BCUT2D eigenvalue weighted by molar-refractivity contribution is -0.127. The summed E-state index contributed by atoms with van der Waals surface area (Å²) >= 11 is 1.29. The minimum absolute atomic E-state index is 0.0367. The molecular formula is C24H31N3O5S. The van der Waals surface area contributed by atoms with Crippen LogP contribution in [0.2, 0.25) is 0 Å². The Bertz CT molecular complexity index is 973.